The van der Waals surface area contributed by atoms with Crippen molar-refractivity contribution in [2.45, 2.75) is 6.54 Å². The largest absolute Gasteiger partial charge is 0.478 e. The van der Waals surface area contributed by atoms with Gasteiger partial charge in [0.1, 0.15) is 5.82 Å². The van der Waals surface area contributed by atoms with E-state index < -0.39 is 23.4 Å². The number of benzene rings is 2. The van der Waals surface area contributed by atoms with Gasteiger partial charge >= 0.3 is 5.97 Å². The van der Waals surface area contributed by atoms with Crippen molar-refractivity contribution in [3.63, 3.8) is 0 Å². The summed E-state index contributed by atoms with van der Waals surface area (Å²) in [4.78, 5) is 11.0. The van der Waals surface area contributed by atoms with E-state index in [4.69, 9.17) is 5.11 Å². The minimum absolute atomic E-state index is 0.0392. The molecule has 0 heterocycles. The van der Waals surface area contributed by atoms with E-state index in [2.05, 4.69) is 5.32 Å². The number of carboxylic acids is 1. The third-order valence-corrected chi connectivity index (χ3v) is 2.71. The molecule has 0 unspecified atom stereocenters. The van der Waals surface area contributed by atoms with E-state index in [1.54, 1.807) is 12.1 Å². The second kappa shape index (κ2) is 5.64. The van der Waals surface area contributed by atoms with Crippen molar-refractivity contribution in [1.29, 1.82) is 0 Å². The van der Waals surface area contributed by atoms with Gasteiger partial charge in [0.05, 0.1) is 11.3 Å². The highest BCUT2D eigenvalue weighted by Gasteiger charge is 2.13. The van der Waals surface area contributed by atoms with Crippen LogP contribution in [0.4, 0.5) is 18.9 Å². The lowest BCUT2D eigenvalue weighted by Crippen LogP contribution is -2.08. The number of rotatable bonds is 4. The SMILES string of the molecule is O=C(O)c1ccccc1CNc1cc(F)cc(F)c1F. The molecule has 0 aliphatic heterocycles. The van der Waals surface area contributed by atoms with Crippen LogP contribution in [0.5, 0.6) is 0 Å². The Kier molecular flexibility index (Phi) is 3.93. The summed E-state index contributed by atoms with van der Waals surface area (Å²) in [5.74, 6) is -4.57. The van der Waals surface area contributed by atoms with Crippen molar-refractivity contribution in [2.24, 2.45) is 0 Å². The lowest BCUT2D eigenvalue weighted by atomic mass is 10.1. The first-order valence-corrected chi connectivity index (χ1v) is 5.68. The highest BCUT2D eigenvalue weighted by molar-refractivity contribution is 5.89. The molecule has 104 valence electrons. The second-order valence-corrected chi connectivity index (χ2v) is 4.07. The van der Waals surface area contributed by atoms with Gasteiger partial charge in [-0.2, -0.15) is 0 Å². The molecule has 0 fully saturated rings. The van der Waals surface area contributed by atoms with Gasteiger partial charge in [-0.15, -0.1) is 0 Å². The summed E-state index contributed by atoms with van der Waals surface area (Å²) in [6.45, 7) is -0.0672. The van der Waals surface area contributed by atoms with Crippen LogP contribution in [0.25, 0.3) is 0 Å². The Bertz CT molecular complexity index is 659. The number of halogens is 3. The predicted molar refractivity (Wildman–Crippen MR) is 67.0 cm³/mol. The summed E-state index contributed by atoms with van der Waals surface area (Å²) >= 11 is 0. The normalized spacial score (nSPS) is 10.3. The van der Waals surface area contributed by atoms with Crippen molar-refractivity contribution in [2.75, 3.05) is 5.32 Å². The molecule has 2 aromatic carbocycles. The van der Waals surface area contributed by atoms with E-state index in [9.17, 15) is 18.0 Å². The molecule has 2 N–H and O–H groups in total. The van der Waals surface area contributed by atoms with Crippen LogP contribution < -0.4 is 5.32 Å². The molecule has 0 bridgehead atoms. The first-order valence-electron chi connectivity index (χ1n) is 5.68. The van der Waals surface area contributed by atoms with Gasteiger partial charge in [-0.3, -0.25) is 0 Å². The van der Waals surface area contributed by atoms with Crippen molar-refractivity contribution in [3.8, 4) is 0 Å². The molecule has 0 radical (unpaired) electrons. The van der Waals surface area contributed by atoms with Crippen LogP contribution >= 0.6 is 0 Å². The van der Waals surface area contributed by atoms with E-state index in [0.29, 0.717) is 11.6 Å². The summed E-state index contributed by atoms with van der Waals surface area (Å²) in [7, 11) is 0. The highest BCUT2D eigenvalue weighted by Crippen LogP contribution is 2.20. The molecule has 0 amide bonds. The van der Waals surface area contributed by atoms with Crippen LogP contribution in [-0.2, 0) is 6.54 Å². The number of carbonyl (C=O) groups is 1. The van der Waals surface area contributed by atoms with Crippen molar-refractivity contribution >= 4 is 11.7 Å². The van der Waals surface area contributed by atoms with E-state index in [-0.39, 0.29) is 17.8 Å². The van der Waals surface area contributed by atoms with E-state index >= 15 is 0 Å². The van der Waals surface area contributed by atoms with E-state index in [1.807, 2.05) is 0 Å². The molecule has 0 saturated carbocycles. The zero-order valence-corrected chi connectivity index (χ0v) is 10.2. The lowest BCUT2D eigenvalue weighted by Gasteiger charge is -2.10. The van der Waals surface area contributed by atoms with Gasteiger partial charge in [-0.05, 0) is 11.6 Å². The van der Waals surface area contributed by atoms with Crippen LogP contribution in [0, 0.1) is 17.5 Å². The fourth-order valence-electron chi connectivity index (χ4n) is 1.76. The number of nitrogens with one attached hydrogen (secondary N) is 1. The molecule has 0 aliphatic carbocycles. The van der Waals surface area contributed by atoms with Crippen LogP contribution in [0.3, 0.4) is 0 Å². The summed E-state index contributed by atoms with van der Waals surface area (Å²) in [5.41, 5.74) is 0.0593. The van der Waals surface area contributed by atoms with Gasteiger partial charge in [-0.1, -0.05) is 18.2 Å². The fraction of sp³-hybridized carbons (Fsp3) is 0.0714. The molecule has 0 saturated heterocycles. The smallest absolute Gasteiger partial charge is 0.336 e. The number of aromatic carboxylic acids is 1. The topological polar surface area (TPSA) is 49.3 Å². The second-order valence-electron chi connectivity index (χ2n) is 4.07. The van der Waals surface area contributed by atoms with E-state index in [1.165, 1.54) is 12.1 Å². The van der Waals surface area contributed by atoms with Gasteiger partial charge in [0.25, 0.3) is 0 Å². The fourth-order valence-corrected chi connectivity index (χ4v) is 1.76. The van der Waals surface area contributed by atoms with Crippen LogP contribution in [0.15, 0.2) is 36.4 Å². The van der Waals surface area contributed by atoms with E-state index in [0.717, 1.165) is 6.07 Å². The zero-order valence-electron chi connectivity index (χ0n) is 10.2. The standard InChI is InChI=1S/C14H10F3NO2/c15-9-5-11(16)13(17)12(6-9)18-7-8-3-1-2-4-10(8)14(19)20/h1-6,18H,7H2,(H,19,20). The molecule has 20 heavy (non-hydrogen) atoms. The van der Waals surface area contributed by atoms with Gasteiger partial charge in [0.2, 0.25) is 0 Å². The van der Waals surface area contributed by atoms with Crippen LogP contribution in [-0.4, -0.2) is 11.1 Å². The average molecular weight is 281 g/mol. The minimum atomic E-state index is -1.31. The van der Waals surface area contributed by atoms with Gasteiger partial charge in [-0.25, -0.2) is 18.0 Å². The number of hydrogen-bond donors (Lipinski definition) is 2. The number of hydrogen-bond acceptors (Lipinski definition) is 2. The Morgan fingerprint density at radius 1 is 1.15 bits per heavy atom. The lowest BCUT2D eigenvalue weighted by molar-refractivity contribution is 0.0696. The Labute approximate surface area is 112 Å². The maximum absolute atomic E-state index is 13.4. The van der Waals surface area contributed by atoms with Gasteiger partial charge in [0.15, 0.2) is 11.6 Å². The Morgan fingerprint density at radius 2 is 1.85 bits per heavy atom. The molecular formula is C14H10F3NO2. The summed E-state index contributed by atoms with van der Waals surface area (Å²) in [6, 6.07) is 7.33. The number of carboxylic acid groups (broad SMARTS) is 1. The molecule has 2 rings (SSSR count). The van der Waals surface area contributed by atoms with Gasteiger partial charge < -0.3 is 10.4 Å². The molecule has 0 atom stereocenters. The van der Waals surface area contributed by atoms with Crippen LogP contribution in [0.2, 0.25) is 0 Å². The molecule has 0 aromatic heterocycles. The Hall–Kier alpha value is -2.50. The van der Waals surface area contributed by atoms with Crippen molar-refractivity contribution in [3.05, 3.63) is 65.0 Å². The average Bonchev–Trinajstić information content (AvgIpc) is 2.41. The van der Waals surface area contributed by atoms with Crippen molar-refractivity contribution < 1.29 is 23.1 Å². The third kappa shape index (κ3) is 2.90. The first kappa shape index (κ1) is 13.9. The molecule has 0 spiro atoms. The van der Waals surface area contributed by atoms with Gasteiger partial charge in [0, 0.05) is 18.7 Å². The molecule has 2 aromatic rings. The first-order chi connectivity index (χ1) is 9.49. The van der Waals surface area contributed by atoms with Crippen LogP contribution in [0.1, 0.15) is 15.9 Å². The minimum Gasteiger partial charge on any atom is -0.478 e. The number of anilines is 1. The summed E-state index contributed by atoms with van der Waals surface area (Å²) in [5, 5.41) is 11.5. The molecule has 3 nitrogen and oxygen atoms in total. The molecule has 6 heteroatoms. The molecule has 0 aliphatic rings. The summed E-state index contributed by atoms with van der Waals surface area (Å²) < 4.78 is 39.4. The van der Waals surface area contributed by atoms with Crippen molar-refractivity contribution in [1.82, 2.24) is 0 Å². The molecular weight excluding hydrogens is 271 g/mol. The third-order valence-electron chi connectivity index (χ3n) is 2.71. The Morgan fingerprint density at radius 3 is 2.55 bits per heavy atom. The summed E-state index contributed by atoms with van der Waals surface area (Å²) in [6.07, 6.45) is 0. The zero-order chi connectivity index (χ0) is 14.7. The monoisotopic (exact) mass is 281 g/mol. The maximum atomic E-state index is 13.4. The Balaban J connectivity index is 2.24. The highest BCUT2D eigenvalue weighted by atomic mass is 19.2. The predicted octanol–water partition coefficient (Wildman–Crippen LogP) is 3.41. The maximum Gasteiger partial charge on any atom is 0.336 e. The quantitative estimate of drug-likeness (QED) is 0.844.